The van der Waals surface area contributed by atoms with E-state index >= 15 is 0 Å². The molecule has 1 aromatic heterocycles. The molecule has 0 spiro atoms. The molecule has 1 atom stereocenters. The molecule has 2 fully saturated rings. The zero-order valence-corrected chi connectivity index (χ0v) is 19.8. The van der Waals surface area contributed by atoms with Crippen molar-refractivity contribution in [1.82, 2.24) is 19.7 Å². The van der Waals surface area contributed by atoms with E-state index in [4.69, 9.17) is 15.2 Å². The van der Waals surface area contributed by atoms with Crippen LogP contribution in [0.15, 0.2) is 21.2 Å². The summed E-state index contributed by atoms with van der Waals surface area (Å²) in [7, 11) is 3.51. The molecule has 32 heavy (non-hydrogen) atoms. The molecule has 2 saturated heterocycles. The summed E-state index contributed by atoms with van der Waals surface area (Å²) in [5.41, 5.74) is 5.73. The van der Waals surface area contributed by atoms with Crippen LogP contribution in [0.25, 0.3) is 0 Å². The fourth-order valence-electron chi connectivity index (χ4n) is 3.54. The van der Waals surface area contributed by atoms with Crippen LogP contribution in [-0.2, 0) is 16.0 Å². The Labute approximate surface area is 192 Å². The molecule has 2 aliphatic rings. The van der Waals surface area contributed by atoms with Crippen molar-refractivity contribution >= 4 is 41.2 Å². The predicted octanol–water partition coefficient (Wildman–Crippen LogP) is 1.52. The molecule has 2 amide bonds. The normalized spacial score (nSPS) is 20.9. The molecule has 0 unspecified atom stereocenters. The highest BCUT2D eigenvalue weighted by Gasteiger charge is 2.27. The fraction of sp³-hybridized carbons (Fsp3) is 0.650. The maximum absolute atomic E-state index is 12.2. The SMILES string of the molecule is C=N/C(=N\C(=N/Cc1cnc(N)s1)OC1CCN(C(=O)N(C)C)CC1)N1CCOC[C@@H]1C. The Morgan fingerprint density at radius 1 is 1.41 bits per heavy atom. The number of hydrogen-bond donors (Lipinski definition) is 1. The van der Waals surface area contributed by atoms with Crippen LogP contribution in [0.4, 0.5) is 9.93 Å². The zero-order chi connectivity index (χ0) is 23.1. The summed E-state index contributed by atoms with van der Waals surface area (Å²) in [6.07, 6.45) is 3.01. The highest BCUT2D eigenvalue weighted by atomic mass is 32.1. The van der Waals surface area contributed by atoms with Crippen LogP contribution in [0.2, 0.25) is 0 Å². The maximum Gasteiger partial charge on any atom is 0.319 e. The number of nitrogens with two attached hydrogens (primary N) is 1. The summed E-state index contributed by atoms with van der Waals surface area (Å²) in [6.45, 7) is 9.21. The van der Waals surface area contributed by atoms with Crippen molar-refractivity contribution in [2.45, 2.75) is 38.5 Å². The monoisotopic (exact) mass is 464 g/mol. The third-order valence-corrected chi connectivity index (χ3v) is 6.08. The quantitative estimate of drug-likeness (QED) is 0.535. The number of aliphatic imine (C=N–C) groups is 3. The fourth-order valence-corrected chi connectivity index (χ4v) is 4.15. The topological polar surface area (TPSA) is 121 Å². The van der Waals surface area contributed by atoms with Gasteiger partial charge in [0, 0.05) is 57.6 Å². The standard InChI is InChI=1S/C20H32N8O3S/c1-14-13-30-10-9-28(14)18(22-2)25-19(24-12-16-11-23-17(21)32-16)31-15-5-7-27(8-6-15)20(29)26(3)4/h11,14-15H,2,5-10,12-13H2,1,3-4H3,(H2,21,23)/b24-19+,25-18+/t14-/m0/s1. The Bertz CT molecular complexity index is 848. The van der Waals surface area contributed by atoms with E-state index in [1.165, 1.54) is 11.3 Å². The Morgan fingerprint density at radius 3 is 2.75 bits per heavy atom. The number of carbonyl (C=O) groups excluding carboxylic acids is 1. The van der Waals surface area contributed by atoms with Gasteiger partial charge in [-0.1, -0.05) is 0 Å². The second-order valence-corrected chi connectivity index (χ2v) is 9.08. The summed E-state index contributed by atoms with van der Waals surface area (Å²) in [5, 5.41) is 0.495. The number of likely N-dealkylation sites (tertiary alicyclic amines) is 1. The molecule has 176 valence electrons. The van der Waals surface area contributed by atoms with Crippen LogP contribution in [0.5, 0.6) is 0 Å². The minimum Gasteiger partial charge on any atom is -0.460 e. The first-order valence-corrected chi connectivity index (χ1v) is 11.5. The van der Waals surface area contributed by atoms with Gasteiger partial charge < -0.3 is 29.9 Å². The third kappa shape index (κ3) is 6.39. The van der Waals surface area contributed by atoms with E-state index in [0.717, 1.165) is 4.88 Å². The van der Waals surface area contributed by atoms with Gasteiger partial charge in [0.25, 0.3) is 0 Å². The van der Waals surface area contributed by atoms with Crippen molar-refractivity contribution in [2.24, 2.45) is 15.0 Å². The number of rotatable bonds is 3. The summed E-state index contributed by atoms with van der Waals surface area (Å²) >= 11 is 1.38. The molecule has 11 nitrogen and oxygen atoms in total. The minimum atomic E-state index is -0.0941. The number of ether oxygens (including phenoxy) is 2. The first-order chi connectivity index (χ1) is 15.4. The molecule has 0 bridgehead atoms. The average Bonchev–Trinajstić information content (AvgIpc) is 3.21. The lowest BCUT2D eigenvalue weighted by molar-refractivity contribution is 0.0326. The summed E-state index contributed by atoms with van der Waals surface area (Å²) in [5.74, 6) is 0.462. The van der Waals surface area contributed by atoms with E-state index in [-0.39, 0.29) is 24.2 Å². The molecule has 0 aromatic carbocycles. The number of hydrogen-bond acceptors (Lipinski definition) is 7. The first-order valence-electron chi connectivity index (χ1n) is 10.6. The van der Waals surface area contributed by atoms with Gasteiger partial charge in [0.1, 0.15) is 6.10 Å². The van der Waals surface area contributed by atoms with E-state index in [1.54, 1.807) is 25.2 Å². The van der Waals surface area contributed by atoms with E-state index in [0.29, 0.717) is 63.3 Å². The summed E-state index contributed by atoms with van der Waals surface area (Å²) in [4.78, 5) is 36.0. The molecular formula is C20H32N8O3S. The lowest BCUT2D eigenvalue weighted by Gasteiger charge is -2.34. The second-order valence-electron chi connectivity index (χ2n) is 7.93. The number of urea groups is 1. The van der Waals surface area contributed by atoms with Gasteiger partial charge in [0.05, 0.1) is 25.8 Å². The van der Waals surface area contributed by atoms with Gasteiger partial charge in [0.2, 0.25) is 5.96 Å². The van der Waals surface area contributed by atoms with Crippen LogP contribution < -0.4 is 5.73 Å². The largest absolute Gasteiger partial charge is 0.460 e. The Hall–Kier alpha value is -2.73. The van der Waals surface area contributed by atoms with Crippen LogP contribution in [0, 0.1) is 0 Å². The van der Waals surface area contributed by atoms with Crippen molar-refractivity contribution < 1.29 is 14.3 Å². The van der Waals surface area contributed by atoms with E-state index in [2.05, 4.69) is 33.6 Å². The van der Waals surface area contributed by atoms with Crippen molar-refractivity contribution in [3.63, 3.8) is 0 Å². The number of morpholine rings is 1. The van der Waals surface area contributed by atoms with Gasteiger partial charge >= 0.3 is 12.1 Å². The Morgan fingerprint density at radius 2 is 2.16 bits per heavy atom. The molecule has 0 aliphatic carbocycles. The number of nitrogen functional groups attached to an aromatic ring is 1. The number of anilines is 1. The first kappa shape index (κ1) is 23.9. The highest BCUT2D eigenvalue weighted by Crippen LogP contribution is 2.18. The van der Waals surface area contributed by atoms with Gasteiger partial charge in [-0.3, -0.25) is 0 Å². The number of guanidine groups is 1. The molecule has 1 aromatic rings. The lowest BCUT2D eigenvalue weighted by atomic mass is 10.1. The van der Waals surface area contributed by atoms with Crippen molar-refractivity contribution in [3.05, 3.63) is 11.1 Å². The van der Waals surface area contributed by atoms with Gasteiger partial charge in [-0.05, 0) is 13.6 Å². The molecule has 12 heteroatoms. The van der Waals surface area contributed by atoms with Gasteiger partial charge in [-0.2, -0.15) is 4.99 Å². The van der Waals surface area contributed by atoms with Crippen molar-refractivity contribution in [2.75, 3.05) is 52.7 Å². The molecule has 2 aliphatic heterocycles. The Kier molecular flexibility index (Phi) is 8.39. The van der Waals surface area contributed by atoms with Crippen LogP contribution in [0.1, 0.15) is 24.6 Å². The molecule has 2 N–H and O–H groups in total. The number of amides is 2. The number of aromatic nitrogens is 1. The molecule has 0 saturated carbocycles. The summed E-state index contributed by atoms with van der Waals surface area (Å²) in [6, 6.07) is 0.379. The van der Waals surface area contributed by atoms with Crippen LogP contribution in [0.3, 0.4) is 0 Å². The smallest absolute Gasteiger partial charge is 0.319 e. The van der Waals surface area contributed by atoms with Crippen molar-refractivity contribution in [3.8, 4) is 0 Å². The number of nitrogens with zero attached hydrogens (tertiary/aromatic N) is 7. The minimum absolute atomic E-state index is 0.0117. The number of piperidine rings is 1. The number of amidine groups is 1. The van der Waals surface area contributed by atoms with Crippen molar-refractivity contribution in [1.29, 1.82) is 0 Å². The lowest BCUT2D eigenvalue weighted by Crippen LogP contribution is -2.47. The van der Waals surface area contributed by atoms with Crippen LogP contribution in [-0.4, -0.2) is 104 Å². The maximum atomic E-state index is 12.2. The van der Waals surface area contributed by atoms with Gasteiger partial charge in [0.15, 0.2) is 5.13 Å². The van der Waals surface area contributed by atoms with Gasteiger partial charge in [-0.25, -0.2) is 19.8 Å². The number of carbonyl (C=O) groups is 1. The molecule has 0 radical (unpaired) electrons. The highest BCUT2D eigenvalue weighted by molar-refractivity contribution is 7.15. The van der Waals surface area contributed by atoms with E-state index in [1.807, 2.05) is 9.80 Å². The van der Waals surface area contributed by atoms with E-state index in [9.17, 15) is 4.79 Å². The average molecular weight is 465 g/mol. The van der Waals surface area contributed by atoms with E-state index < -0.39 is 0 Å². The molecule has 3 rings (SSSR count). The Balaban J connectivity index is 1.73. The van der Waals surface area contributed by atoms with Crippen LogP contribution >= 0.6 is 11.3 Å². The van der Waals surface area contributed by atoms with Gasteiger partial charge in [-0.15, -0.1) is 11.3 Å². The summed E-state index contributed by atoms with van der Waals surface area (Å²) < 4.78 is 11.7. The molecule has 3 heterocycles. The molecular weight excluding hydrogens is 432 g/mol. The second kappa shape index (κ2) is 11.2. The third-order valence-electron chi connectivity index (χ3n) is 5.27. The predicted molar refractivity (Wildman–Crippen MR) is 126 cm³/mol. The zero-order valence-electron chi connectivity index (χ0n) is 18.9. The number of thiazole rings is 1.